The topological polar surface area (TPSA) is 50.4 Å². The number of alkyl carbamates (subject to hydrolysis) is 1. The summed E-state index contributed by atoms with van der Waals surface area (Å²) in [5.41, 5.74) is -0.462. The summed E-state index contributed by atoms with van der Waals surface area (Å²) in [5.74, 6) is 0.564. The van der Waals surface area contributed by atoms with Gasteiger partial charge in [-0.15, -0.1) is 11.3 Å². The molecule has 1 aliphatic carbocycles. The van der Waals surface area contributed by atoms with Gasteiger partial charge in [0, 0.05) is 28.2 Å². The fourth-order valence-electron chi connectivity index (χ4n) is 2.91. The highest BCUT2D eigenvalue weighted by molar-refractivity contribution is 7.19. The van der Waals surface area contributed by atoms with Gasteiger partial charge in [0.25, 0.3) is 0 Å². The van der Waals surface area contributed by atoms with E-state index in [0.29, 0.717) is 5.92 Å². The van der Waals surface area contributed by atoms with Crippen molar-refractivity contribution in [2.75, 3.05) is 6.54 Å². The molecular formula is C20H28N2O2S. The molecule has 0 radical (unpaired) electrons. The summed E-state index contributed by atoms with van der Waals surface area (Å²) in [5, 5.41) is 7.93. The molecule has 0 bridgehead atoms. The molecule has 2 unspecified atom stereocenters. The molecule has 136 valence electrons. The number of rotatable bonds is 6. The molecule has 0 aliphatic heterocycles. The molecule has 1 saturated carbocycles. The minimum Gasteiger partial charge on any atom is -0.444 e. The Morgan fingerprint density at radius 3 is 2.68 bits per heavy atom. The summed E-state index contributed by atoms with van der Waals surface area (Å²) in [7, 11) is 0. The van der Waals surface area contributed by atoms with Crippen molar-refractivity contribution in [2.45, 2.75) is 58.2 Å². The van der Waals surface area contributed by atoms with Gasteiger partial charge in [0.15, 0.2) is 0 Å². The molecule has 4 nitrogen and oxygen atoms in total. The van der Waals surface area contributed by atoms with Crippen LogP contribution in [0.3, 0.4) is 0 Å². The summed E-state index contributed by atoms with van der Waals surface area (Å²) in [4.78, 5) is 13.4. The lowest BCUT2D eigenvalue weighted by atomic mass is 10.1. The maximum absolute atomic E-state index is 12.1. The lowest BCUT2D eigenvalue weighted by Gasteiger charge is -2.25. The number of ether oxygens (including phenoxy) is 1. The van der Waals surface area contributed by atoms with E-state index in [-0.39, 0.29) is 18.2 Å². The highest BCUT2D eigenvalue weighted by atomic mass is 32.1. The summed E-state index contributed by atoms with van der Waals surface area (Å²) < 4.78 is 6.72. The SMILES string of the molecule is CC(NCC(NC(=O)OC(C)(C)C)C1CC1)c1cc2ccccc2s1. The molecule has 1 aromatic heterocycles. The average molecular weight is 361 g/mol. The molecule has 5 heteroatoms. The normalized spacial score (nSPS) is 17.3. The molecule has 1 aliphatic rings. The van der Waals surface area contributed by atoms with Gasteiger partial charge in [0.1, 0.15) is 5.60 Å². The van der Waals surface area contributed by atoms with Crippen molar-refractivity contribution in [1.82, 2.24) is 10.6 Å². The molecule has 1 amide bonds. The van der Waals surface area contributed by atoms with Crippen LogP contribution in [0.4, 0.5) is 4.79 Å². The van der Waals surface area contributed by atoms with Crippen molar-refractivity contribution in [1.29, 1.82) is 0 Å². The Hall–Kier alpha value is -1.59. The maximum atomic E-state index is 12.1. The number of carbonyl (C=O) groups excluding carboxylic acids is 1. The zero-order valence-electron chi connectivity index (χ0n) is 15.5. The van der Waals surface area contributed by atoms with Gasteiger partial charge in [-0.1, -0.05) is 18.2 Å². The van der Waals surface area contributed by atoms with Crippen molar-refractivity contribution in [3.63, 3.8) is 0 Å². The van der Waals surface area contributed by atoms with Gasteiger partial charge in [-0.05, 0) is 64.0 Å². The molecule has 2 N–H and O–H groups in total. The lowest BCUT2D eigenvalue weighted by molar-refractivity contribution is 0.0497. The fourth-order valence-corrected chi connectivity index (χ4v) is 4.00. The predicted octanol–water partition coefficient (Wildman–Crippen LogP) is 4.86. The Balaban J connectivity index is 1.56. The molecule has 1 fully saturated rings. The van der Waals surface area contributed by atoms with Crippen LogP contribution in [-0.4, -0.2) is 24.3 Å². The fraction of sp³-hybridized carbons (Fsp3) is 0.550. The highest BCUT2D eigenvalue weighted by Crippen LogP contribution is 2.33. The van der Waals surface area contributed by atoms with E-state index in [0.717, 1.165) is 6.54 Å². The zero-order valence-corrected chi connectivity index (χ0v) is 16.3. The lowest BCUT2D eigenvalue weighted by Crippen LogP contribution is -2.45. The van der Waals surface area contributed by atoms with E-state index < -0.39 is 5.60 Å². The first-order chi connectivity index (χ1) is 11.8. The molecule has 2 aromatic rings. The third-order valence-electron chi connectivity index (χ3n) is 4.41. The third-order valence-corrected chi connectivity index (χ3v) is 5.71. The van der Waals surface area contributed by atoms with E-state index in [1.165, 1.54) is 27.8 Å². The van der Waals surface area contributed by atoms with Crippen LogP contribution in [0, 0.1) is 5.92 Å². The van der Waals surface area contributed by atoms with Crippen LogP contribution < -0.4 is 10.6 Å². The number of amides is 1. The van der Waals surface area contributed by atoms with Crippen molar-refractivity contribution in [3.8, 4) is 0 Å². The van der Waals surface area contributed by atoms with Gasteiger partial charge in [-0.3, -0.25) is 0 Å². The molecule has 2 atom stereocenters. The van der Waals surface area contributed by atoms with Crippen LogP contribution in [0.15, 0.2) is 30.3 Å². The van der Waals surface area contributed by atoms with Crippen LogP contribution in [-0.2, 0) is 4.74 Å². The van der Waals surface area contributed by atoms with Crippen LogP contribution >= 0.6 is 11.3 Å². The van der Waals surface area contributed by atoms with E-state index in [1.807, 2.05) is 32.1 Å². The molecule has 0 spiro atoms. The smallest absolute Gasteiger partial charge is 0.407 e. The number of thiophene rings is 1. The number of carbonyl (C=O) groups is 1. The Bertz CT molecular complexity index is 698. The van der Waals surface area contributed by atoms with Crippen molar-refractivity contribution < 1.29 is 9.53 Å². The Kier molecular flexibility index (Phi) is 5.35. The zero-order chi connectivity index (χ0) is 18.0. The van der Waals surface area contributed by atoms with Crippen LogP contribution in [0.1, 0.15) is 51.5 Å². The second-order valence-electron chi connectivity index (χ2n) is 7.91. The number of fused-ring (bicyclic) bond motifs is 1. The number of hydrogen-bond acceptors (Lipinski definition) is 4. The van der Waals surface area contributed by atoms with Gasteiger partial charge in [0.05, 0.1) is 0 Å². The first-order valence-corrected chi connectivity index (χ1v) is 9.85. The summed E-state index contributed by atoms with van der Waals surface area (Å²) >= 11 is 1.83. The molecular weight excluding hydrogens is 332 g/mol. The first-order valence-electron chi connectivity index (χ1n) is 9.03. The van der Waals surface area contributed by atoms with Crippen molar-refractivity contribution in [2.24, 2.45) is 5.92 Å². The van der Waals surface area contributed by atoms with Gasteiger partial charge in [-0.25, -0.2) is 4.79 Å². The highest BCUT2D eigenvalue weighted by Gasteiger charge is 2.33. The molecule has 0 saturated heterocycles. The maximum Gasteiger partial charge on any atom is 0.407 e. The van der Waals surface area contributed by atoms with Gasteiger partial charge in [0.2, 0.25) is 0 Å². The number of hydrogen-bond donors (Lipinski definition) is 2. The second-order valence-corrected chi connectivity index (χ2v) is 9.02. The number of nitrogens with one attached hydrogen (secondary N) is 2. The summed E-state index contributed by atoms with van der Waals surface area (Å²) in [6, 6.07) is 11.1. The van der Waals surface area contributed by atoms with Crippen molar-refractivity contribution in [3.05, 3.63) is 35.2 Å². The van der Waals surface area contributed by atoms with E-state index in [1.54, 1.807) is 0 Å². The number of benzene rings is 1. The minimum absolute atomic E-state index is 0.131. The Morgan fingerprint density at radius 1 is 1.32 bits per heavy atom. The van der Waals surface area contributed by atoms with E-state index in [4.69, 9.17) is 4.74 Å². The van der Waals surface area contributed by atoms with Crippen LogP contribution in [0.25, 0.3) is 10.1 Å². The van der Waals surface area contributed by atoms with Crippen molar-refractivity contribution >= 4 is 27.5 Å². The van der Waals surface area contributed by atoms with Crippen LogP contribution in [0.5, 0.6) is 0 Å². The van der Waals surface area contributed by atoms with E-state index >= 15 is 0 Å². The third kappa shape index (κ3) is 5.19. The minimum atomic E-state index is -0.462. The standard InChI is InChI=1S/C20H28N2O2S/c1-13(18-11-15-7-5-6-8-17(15)25-18)21-12-16(14-9-10-14)22-19(23)24-20(2,3)4/h5-8,11,13-14,16,21H,9-10,12H2,1-4H3,(H,22,23). The van der Waals surface area contributed by atoms with E-state index in [2.05, 4.69) is 47.9 Å². The van der Waals surface area contributed by atoms with Gasteiger partial charge < -0.3 is 15.4 Å². The quantitative estimate of drug-likeness (QED) is 0.774. The monoisotopic (exact) mass is 360 g/mol. The molecule has 25 heavy (non-hydrogen) atoms. The first kappa shape index (κ1) is 18.2. The predicted molar refractivity (Wildman–Crippen MR) is 104 cm³/mol. The summed E-state index contributed by atoms with van der Waals surface area (Å²) in [6.07, 6.45) is 2.04. The van der Waals surface area contributed by atoms with Crippen LogP contribution in [0.2, 0.25) is 0 Å². The molecule has 1 aromatic carbocycles. The second kappa shape index (κ2) is 7.34. The Morgan fingerprint density at radius 2 is 2.04 bits per heavy atom. The molecule has 3 rings (SSSR count). The Labute approximate surface area is 154 Å². The largest absolute Gasteiger partial charge is 0.444 e. The summed E-state index contributed by atoms with van der Waals surface area (Å²) in [6.45, 7) is 8.61. The molecule has 1 heterocycles. The van der Waals surface area contributed by atoms with E-state index in [9.17, 15) is 4.79 Å². The van der Waals surface area contributed by atoms with Gasteiger partial charge >= 0.3 is 6.09 Å². The average Bonchev–Trinajstić information content (AvgIpc) is 3.27. The van der Waals surface area contributed by atoms with Gasteiger partial charge in [-0.2, -0.15) is 0 Å².